The second-order valence-corrected chi connectivity index (χ2v) is 11.2. The Kier molecular flexibility index (Phi) is 9.04. The van der Waals surface area contributed by atoms with Crippen molar-refractivity contribution in [1.82, 2.24) is 20.6 Å². The van der Waals surface area contributed by atoms with Gasteiger partial charge in [0.05, 0.1) is 19.0 Å². The largest absolute Gasteiger partial charge is 0.495 e. The molecule has 216 valence electrons. The molecule has 1 aromatic heterocycles. The lowest BCUT2D eigenvalue weighted by Gasteiger charge is -2.43. The molecule has 3 heterocycles. The first-order valence-corrected chi connectivity index (χ1v) is 14.9. The summed E-state index contributed by atoms with van der Waals surface area (Å²) in [5, 5.41) is 9.98. The van der Waals surface area contributed by atoms with Gasteiger partial charge in [-0.3, -0.25) is 9.59 Å². The van der Waals surface area contributed by atoms with Gasteiger partial charge in [0.1, 0.15) is 17.5 Å². The van der Waals surface area contributed by atoms with E-state index < -0.39 is 0 Å². The number of carbonyl (C=O) groups excluding carboxylic acids is 2. The van der Waals surface area contributed by atoms with Crippen molar-refractivity contribution in [2.45, 2.75) is 89.3 Å². The van der Waals surface area contributed by atoms with E-state index in [0.717, 1.165) is 76.0 Å². The number of methoxy groups -OCH3 is 1. The molecule has 40 heavy (non-hydrogen) atoms. The van der Waals surface area contributed by atoms with Crippen LogP contribution in [0.3, 0.4) is 0 Å². The van der Waals surface area contributed by atoms with Crippen LogP contribution in [0.25, 0.3) is 0 Å². The van der Waals surface area contributed by atoms with Gasteiger partial charge in [-0.2, -0.15) is 4.98 Å². The number of ether oxygens (including phenoxy) is 1. The zero-order valence-corrected chi connectivity index (χ0v) is 24.0. The minimum atomic E-state index is -0.228. The van der Waals surface area contributed by atoms with Gasteiger partial charge in [-0.15, -0.1) is 0 Å². The van der Waals surface area contributed by atoms with E-state index in [4.69, 9.17) is 9.72 Å². The summed E-state index contributed by atoms with van der Waals surface area (Å²) < 4.78 is 5.66. The van der Waals surface area contributed by atoms with Crippen molar-refractivity contribution in [3.05, 3.63) is 30.0 Å². The van der Waals surface area contributed by atoms with E-state index in [0.29, 0.717) is 29.0 Å². The number of anilines is 4. The number of nitrogens with one attached hydrogen (secondary N) is 3. The number of hydrogen-bond acceptors (Lipinski definition) is 8. The highest BCUT2D eigenvalue weighted by Gasteiger charge is 2.41. The van der Waals surface area contributed by atoms with Gasteiger partial charge in [0.15, 0.2) is 5.82 Å². The van der Waals surface area contributed by atoms with Crippen LogP contribution in [0.1, 0.15) is 81.5 Å². The molecule has 10 nitrogen and oxygen atoms in total. The van der Waals surface area contributed by atoms with Crippen molar-refractivity contribution >= 4 is 35.0 Å². The fourth-order valence-electron chi connectivity index (χ4n) is 6.30. The van der Waals surface area contributed by atoms with E-state index in [9.17, 15) is 9.59 Å². The van der Waals surface area contributed by atoms with Crippen LogP contribution in [0, 0.1) is 0 Å². The zero-order chi connectivity index (χ0) is 28.1. The van der Waals surface area contributed by atoms with Crippen LogP contribution in [0.2, 0.25) is 0 Å². The molecular formula is C30H43N7O3. The zero-order valence-electron chi connectivity index (χ0n) is 24.0. The molecule has 3 aliphatic rings. The quantitative estimate of drug-likeness (QED) is 0.467. The van der Waals surface area contributed by atoms with Crippen molar-refractivity contribution in [1.29, 1.82) is 0 Å². The van der Waals surface area contributed by atoms with Gasteiger partial charge >= 0.3 is 0 Å². The molecule has 3 N–H and O–H groups in total. The van der Waals surface area contributed by atoms with Crippen LogP contribution >= 0.6 is 0 Å². The van der Waals surface area contributed by atoms with Crippen LogP contribution in [0.4, 0.5) is 23.1 Å². The molecular weight excluding hydrogens is 506 g/mol. The third kappa shape index (κ3) is 6.01. The van der Waals surface area contributed by atoms with E-state index >= 15 is 0 Å². The third-order valence-electron chi connectivity index (χ3n) is 8.52. The van der Waals surface area contributed by atoms with E-state index in [1.807, 2.05) is 6.07 Å². The fourth-order valence-corrected chi connectivity index (χ4v) is 6.30. The molecule has 2 aliphatic heterocycles. The summed E-state index contributed by atoms with van der Waals surface area (Å²) in [7, 11) is 3.39. The number of likely N-dealkylation sites (N-methyl/N-ethyl adjacent to an activating group) is 1. The van der Waals surface area contributed by atoms with Crippen molar-refractivity contribution in [2.24, 2.45) is 0 Å². The summed E-state index contributed by atoms with van der Waals surface area (Å²) in [6.07, 6.45) is 12.2. The lowest BCUT2D eigenvalue weighted by molar-refractivity contribution is -0.120. The van der Waals surface area contributed by atoms with Crippen molar-refractivity contribution in [3.8, 4) is 5.75 Å². The lowest BCUT2D eigenvalue weighted by atomic mass is 10.0. The molecule has 2 amide bonds. The number of aromatic nitrogens is 2. The number of benzene rings is 1. The molecule has 5 rings (SSSR count). The van der Waals surface area contributed by atoms with Gasteiger partial charge in [-0.25, -0.2) is 4.98 Å². The lowest BCUT2D eigenvalue weighted by Crippen LogP contribution is -2.55. The van der Waals surface area contributed by atoms with Crippen molar-refractivity contribution < 1.29 is 14.3 Å². The second-order valence-electron chi connectivity index (χ2n) is 11.2. The summed E-state index contributed by atoms with van der Waals surface area (Å²) in [5.74, 6) is 1.76. The molecule has 0 spiro atoms. The first kappa shape index (κ1) is 28.1. The summed E-state index contributed by atoms with van der Waals surface area (Å²) in [6.45, 7) is 4.10. The number of fused-ring (bicyclic) bond motifs is 1. The Bertz CT molecular complexity index is 1190. The maximum absolute atomic E-state index is 13.2. The van der Waals surface area contributed by atoms with Crippen LogP contribution in [0.15, 0.2) is 24.4 Å². The Morgan fingerprint density at radius 1 is 1.10 bits per heavy atom. The second kappa shape index (κ2) is 12.8. The molecule has 1 aliphatic carbocycles. The van der Waals surface area contributed by atoms with Crippen LogP contribution in [-0.4, -0.2) is 67.2 Å². The van der Waals surface area contributed by atoms with Crippen molar-refractivity contribution in [3.63, 3.8) is 0 Å². The van der Waals surface area contributed by atoms with Crippen LogP contribution in [-0.2, 0) is 4.79 Å². The Balaban J connectivity index is 1.35. The van der Waals surface area contributed by atoms with E-state index in [2.05, 4.69) is 32.8 Å². The Hall–Kier alpha value is -3.40. The molecule has 10 heteroatoms. The molecule has 2 aromatic rings. The number of rotatable bonds is 7. The normalized spacial score (nSPS) is 22.2. The Morgan fingerprint density at radius 2 is 1.85 bits per heavy atom. The summed E-state index contributed by atoms with van der Waals surface area (Å²) in [5.41, 5.74) is 1.96. The molecule has 1 saturated carbocycles. The SMILES string of the molecule is CCC1C(=O)N(C)c2cnc(Nc3ccc(C(=O)NC4CCCCNCCC4)cc3OC)nc2N1C1CCCC1. The smallest absolute Gasteiger partial charge is 0.251 e. The molecule has 2 fully saturated rings. The molecule has 2 unspecified atom stereocenters. The fraction of sp³-hybridized carbons (Fsp3) is 0.600. The van der Waals surface area contributed by atoms with Crippen LogP contribution in [0.5, 0.6) is 5.75 Å². The maximum Gasteiger partial charge on any atom is 0.251 e. The Labute approximate surface area is 237 Å². The summed E-state index contributed by atoms with van der Waals surface area (Å²) in [4.78, 5) is 39.6. The first-order valence-electron chi connectivity index (χ1n) is 14.9. The summed E-state index contributed by atoms with van der Waals surface area (Å²) >= 11 is 0. The molecule has 0 bridgehead atoms. The average Bonchev–Trinajstić information content (AvgIpc) is 3.53. The van der Waals surface area contributed by atoms with Gasteiger partial charge < -0.3 is 30.5 Å². The number of nitrogens with zero attached hydrogens (tertiary/aromatic N) is 4. The highest BCUT2D eigenvalue weighted by atomic mass is 16.5. The van der Waals surface area contributed by atoms with E-state index in [1.54, 1.807) is 37.4 Å². The van der Waals surface area contributed by atoms with Gasteiger partial charge in [-0.1, -0.05) is 26.2 Å². The average molecular weight is 550 g/mol. The maximum atomic E-state index is 13.2. The number of hydrogen-bond donors (Lipinski definition) is 3. The first-order chi connectivity index (χ1) is 19.5. The van der Waals surface area contributed by atoms with E-state index in [-0.39, 0.29) is 23.9 Å². The molecule has 1 saturated heterocycles. The van der Waals surface area contributed by atoms with Gasteiger partial charge in [0.2, 0.25) is 11.9 Å². The van der Waals surface area contributed by atoms with Gasteiger partial charge in [0, 0.05) is 24.7 Å². The third-order valence-corrected chi connectivity index (χ3v) is 8.52. The van der Waals surface area contributed by atoms with Gasteiger partial charge in [0.25, 0.3) is 5.91 Å². The monoisotopic (exact) mass is 549 g/mol. The van der Waals surface area contributed by atoms with Crippen molar-refractivity contribution in [2.75, 3.05) is 42.4 Å². The van der Waals surface area contributed by atoms with E-state index in [1.165, 1.54) is 12.8 Å². The standard InChI is InChI=1S/C30H43N7O3/c1-4-24-29(39)36(2)25-19-32-30(35-27(25)37(24)22-12-5-6-13-22)34-23-15-14-20(18-26(23)40-3)28(38)33-21-10-7-8-16-31-17-9-11-21/h14-15,18-19,21-22,24,31H,4-13,16-17H2,1-3H3,(H,33,38)(H,32,34,35). The molecule has 2 atom stereocenters. The highest BCUT2D eigenvalue weighted by Crippen LogP contribution is 2.40. The number of carbonyl (C=O) groups is 2. The topological polar surface area (TPSA) is 112 Å². The Morgan fingerprint density at radius 3 is 2.62 bits per heavy atom. The highest BCUT2D eigenvalue weighted by molar-refractivity contribution is 6.04. The number of amides is 2. The van der Waals surface area contributed by atoms with Gasteiger partial charge in [-0.05, 0) is 76.2 Å². The minimum Gasteiger partial charge on any atom is -0.495 e. The minimum absolute atomic E-state index is 0.0856. The summed E-state index contributed by atoms with van der Waals surface area (Å²) in [6, 6.07) is 5.66. The van der Waals surface area contributed by atoms with Crippen LogP contribution < -0.4 is 30.5 Å². The predicted octanol–water partition coefficient (Wildman–Crippen LogP) is 4.38. The molecule has 0 radical (unpaired) electrons. The predicted molar refractivity (Wildman–Crippen MR) is 158 cm³/mol. The molecule has 1 aromatic carbocycles.